The lowest BCUT2D eigenvalue weighted by Crippen LogP contribution is -2.08. The van der Waals surface area contributed by atoms with Gasteiger partial charge in [0, 0.05) is 23.0 Å². The molecule has 0 fully saturated rings. The number of aromatic nitrogens is 1. The van der Waals surface area contributed by atoms with E-state index in [1.54, 1.807) is 12.1 Å². The third-order valence-corrected chi connectivity index (χ3v) is 4.91. The molecule has 1 unspecified atom stereocenters. The van der Waals surface area contributed by atoms with E-state index in [0.717, 1.165) is 30.6 Å². The highest BCUT2D eigenvalue weighted by molar-refractivity contribution is 5.94. The van der Waals surface area contributed by atoms with Crippen LogP contribution < -0.4 is 11.1 Å². The van der Waals surface area contributed by atoms with E-state index in [1.165, 1.54) is 23.7 Å². The van der Waals surface area contributed by atoms with Crippen LogP contribution in [-0.2, 0) is 6.42 Å². The van der Waals surface area contributed by atoms with Crippen LogP contribution in [0.2, 0.25) is 0 Å². The molecule has 1 aromatic heterocycles. The van der Waals surface area contributed by atoms with E-state index in [-0.39, 0.29) is 5.82 Å². The number of pyridine rings is 1. The molecule has 0 saturated heterocycles. The molecule has 4 rings (SSSR count). The Balaban J connectivity index is 1.49. The average Bonchev–Trinajstić information content (AvgIpc) is 3.01. The van der Waals surface area contributed by atoms with E-state index >= 15 is 0 Å². The SMILES string of the molecule is Nc1ccc2c(NCCC3CCc4ccccc43)ncc(F)c2c1. The molecule has 0 radical (unpaired) electrons. The smallest absolute Gasteiger partial charge is 0.149 e. The Hall–Kier alpha value is -2.62. The number of nitrogens with one attached hydrogen (secondary N) is 1. The van der Waals surface area contributed by atoms with E-state index < -0.39 is 0 Å². The lowest BCUT2D eigenvalue weighted by Gasteiger charge is -2.14. The molecule has 24 heavy (non-hydrogen) atoms. The van der Waals surface area contributed by atoms with Crippen LogP contribution in [0.4, 0.5) is 15.9 Å². The third-order valence-electron chi connectivity index (χ3n) is 4.91. The van der Waals surface area contributed by atoms with Gasteiger partial charge in [-0.05, 0) is 54.5 Å². The molecule has 1 heterocycles. The number of fused-ring (bicyclic) bond motifs is 2. The predicted molar refractivity (Wildman–Crippen MR) is 96.7 cm³/mol. The van der Waals surface area contributed by atoms with Crippen molar-refractivity contribution in [2.45, 2.75) is 25.2 Å². The lowest BCUT2D eigenvalue weighted by atomic mass is 9.98. The van der Waals surface area contributed by atoms with Gasteiger partial charge in [0.05, 0.1) is 6.20 Å². The summed E-state index contributed by atoms with van der Waals surface area (Å²) >= 11 is 0. The van der Waals surface area contributed by atoms with Crippen molar-refractivity contribution < 1.29 is 4.39 Å². The van der Waals surface area contributed by atoms with Gasteiger partial charge in [0.15, 0.2) is 0 Å². The average molecular weight is 321 g/mol. The molecule has 3 nitrogen and oxygen atoms in total. The first-order valence-corrected chi connectivity index (χ1v) is 8.38. The molecule has 0 aliphatic heterocycles. The van der Waals surface area contributed by atoms with Crippen LogP contribution in [0.3, 0.4) is 0 Å². The van der Waals surface area contributed by atoms with Gasteiger partial charge in [-0.1, -0.05) is 24.3 Å². The molecule has 1 atom stereocenters. The summed E-state index contributed by atoms with van der Waals surface area (Å²) in [6.45, 7) is 0.817. The fraction of sp³-hybridized carbons (Fsp3) is 0.250. The third kappa shape index (κ3) is 2.68. The summed E-state index contributed by atoms with van der Waals surface area (Å²) in [4.78, 5) is 4.22. The number of nitrogens with two attached hydrogens (primary N) is 1. The summed E-state index contributed by atoms with van der Waals surface area (Å²) in [5, 5.41) is 4.66. The molecule has 3 N–H and O–H groups in total. The van der Waals surface area contributed by atoms with Crippen molar-refractivity contribution in [3.8, 4) is 0 Å². The second kappa shape index (κ2) is 6.11. The second-order valence-corrected chi connectivity index (χ2v) is 6.41. The van der Waals surface area contributed by atoms with Gasteiger partial charge in [-0.2, -0.15) is 0 Å². The zero-order valence-corrected chi connectivity index (χ0v) is 13.4. The van der Waals surface area contributed by atoms with Crippen LogP contribution >= 0.6 is 0 Å². The van der Waals surface area contributed by atoms with E-state index in [9.17, 15) is 4.39 Å². The number of hydrogen-bond donors (Lipinski definition) is 2. The van der Waals surface area contributed by atoms with Crippen molar-refractivity contribution in [1.82, 2.24) is 4.98 Å². The van der Waals surface area contributed by atoms with Crippen molar-refractivity contribution in [2.24, 2.45) is 0 Å². The minimum absolute atomic E-state index is 0.340. The molecule has 1 aliphatic rings. The summed E-state index contributed by atoms with van der Waals surface area (Å²) in [6, 6.07) is 14.0. The summed E-state index contributed by atoms with van der Waals surface area (Å²) in [7, 11) is 0. The Bertz CT molecular complexity index is 891. The molecule has 122 valence electrons. The molecule has 4 heteroatoms. The van der Waals surface area contributed by atoms with E-state index in [2.05, 4.69) is 34.6 Å². The molecular weight excluding hydrogens is 301 g/mol. The largest absolute Gasteiger partial charge is 0.399 e. The van der Waals surface area contributed by atoms with Gasteiger partial charge in [-0.15, -0.1) is 0 Å². The van der Waals surface area contributed by atoms with E-state index in [4.69, 9.17) is 5.73 Å². The minimum atomic E-state index is -0.340. The maximum absolute atomic E-state index is 13.9. The van der Waals surface area contributed by atoms with Crippen molar-refractivity contribution >= 4 is 22.3 Å². The standard InChI is InChI=1S/C20H20FN3/c21-19-12-24-20(17-8-7-15(22)11-18(17)19)23-10-9-14-6-5-13-3-1-2-4-16(13)14/h1-4,7-8,11-12,14H,5-6,9-10,22H2,(H,23,24). The highest BCUT2D eigenvalue weighted by atomic mass is 19.1. The highest BCUT2D eigenvalue weighted by Gasteiger charge is 2.21. The van der Waals surface area contributed by atoms with Crippen LogP contribution in [-0.4, -0.2) is 11.5 Å². The topological polar surface area (TPSA) is 50.9 Å². The van der Waals surface area contributed by atoms with Crippen molar-refractivity contribution in [2.75, 3.05) is 17.6 Å². The maximum Gasteiger partial charge on any atom is 0.149 e. The number of halogens is 1. The quantitative estimate of drug-likeness (QED) is 0.696. The van der Waals surface area contributed by atoms with Crippen molar-refractivity contribution in [1.29, 1.82) is 0 Å². The van der Waals surface area contributed by atoms with Crippen LogP contribution in [0.25, 0.3) is 10.8 Å². The van der Waals surface area contributed by atoms with Crippen LogP contribution in [0, 0.1) is 5.82 Å². The summed E-state index contributed by atoms with van der Waals surface area (Å²) in [6.07, 6.45) is 4.68. The van der Waals surface area contributed by atoms with Gasteiger partial charge in [-0.3, -0.25) is 0 Å². The maximum atomic E-state index is 13.9. The summed E-state index contributed by atoms with van der Waals surface area (Å²) in [5.41, 5.74) is 9.27. The summed E-state index contributed by atoms with van der Waals surface area (Å²) < 4.78 is 13.9. The number of benzene rings is 2. The first-order valence-electron chi connectivity index (χ1n) is 8.38. The van der Waals surface area contributed by atoms with Gasteiger partial charge in [0.1, 0.15) is 11.6 Å². The zero-order valence-electron chi connectivity index (χ0n) is 13.4. The van der Waals surface area contributed by atoms with Gasteiger partial charge < -0.3 is 11.1 Å². The van der Waals surface area contributed by atoms with Crippen molar-refractivity contribution in [3.63, 3.8) is 0 Å². The van der Waals surface area contributed by atoms with Gasteiger partial charge in [0.2, 0.25) is 0 Å². The predicted octanol–water partition coefficient (Wildman–Crippen LogP) is 4.49. The highest BCUT2D eigenvalue weighted by Crippen LogP contribution is 2.35. The molecular formula is C20H20FN3. The second-order valence-electron chi connectivity index (χ2n) is 6.41. The lowest BCUT2D eigenvalue weighted by molar-refractivity contribution is 0.631. The number of hydrogen-bond acceptors (Lipinski definition) is 3. The Kier molecular flexibility index (Phi) is 3.81. The van der Waals surface area contributed by atoms with E-state index in [0.29, 0.717) is 17.0 Å². The Morgan fingerprint density at radius 2 is 2.04 bits per heavy atom. The van der Waals surface area contributed by atoms with Crippen LogP contribution in [0.5, 0.6) is 0 Å². The Morgan fingerprint density at radius 3 is 2.96 bits per heavy atom. The molecule has 1 aliphatic carbocycles. The fourth-order valence-electron chi connectivity index (χ4n) is 3.68. The Morgan fingerprint density at radius 1 is 1.17 bits per heavy atom. The summed E-state index contributed by atoms with van der Waals surface area (Å²) in [5.74, 6) is 0.973. The number of nitrogens with zero attached hydrogens (tertiary/aromatic N) is 1. The number of anilines is 2. The Labute approximate surface area is 140 Å². The number of rotatable bonds is 4. The van der Waals surface area contributed by atoms with Gasteiger partial charge in [0.25, 0.3) is 0 Å². The van der Waals surface area contributed by atoms with Crippen LogP contribution in [0.15, 0.2) is 48.7 Å². The zero-order chi connectivity index (χ0) is 16.5. The number of aryl methyl sites for hydroxylation is 1. The normalized spacial score (nSPS) is 16.3. The molecule has 0 spiro atoms. The number of nitrogen functional groups attached to an aromatic ring is 1. The first kappa shape index (κ1) is 14.9. The molecule has 0 saturated carbocycles. The van der Waals surface area contributed by atoms with Crippen LogP contribution in [0.1, 0.15) is 29.9 Å². The first-order chi connectivity index (χ1) is 11.7. The van der Waals surface area contributed by atoms with Crippen molar-refractivity contribution in [3.05, 3.63) is 65.6 Å². The van der Waals surface area contributed by atoms with E-state index in [1.807, 2.05) is 6.07 Å². The molecule has 0 amide bonds. The molecule has 2 aromatic carbocycles. The molecule has 0 bridgehead atoms. The van der Waals surface area contributed by atoms with Gasteiger partial charge in [-0.25, -0.2) is 9.37 Å². The van der Waals surface area contributed by atoms with Gasteiger partial charge >= 0.3 is 0 Å². The molecule has 3 aromatic rings. The monoisotopic (exact) mass is 321 g/mol. The minimum Gasteiger partial charge on any atom is -0.399 e. The fourth-order valence-corrected chi connectivity index (χ4v) is 3.68.